The zero-order chi connectivity index (χ0) is 17.7. The molecule has 0 aromatic rings. The second-order valence-electron chi connectivity index (χ2n) is 7.55. The Morgan fingerprint density at radius 2 is 1.76 bits per heavy atom. The molecule has 2 N–H and O–H groups in total. The lowest BCUT2D eigenvalue weighted by molar-refractivity contribution is 0.0186. The Morgan fingerprint density at radius 3 is 2.24 bits per heavy atom. The van der Waals surface area contributed by atoms with Crippen LogP contribution in [-0.2, 0) is 4.74 Å². The van der Waals surface area contributed by atoms with Gasteiger partial charge in [0.25, 0.3) is 0 Å². The number of piperazine rings is 1. The van der Waals surface area contributed by atoms with Crippen LogP contribution in [0.3, 0.4) is 0 Å². The van der Waals surface area contributed by atoms with Gasteiger partial charge in [0.05, 0.1) is 6.54 Å². The lowest BCUT2D eigenvalue weighted by Gasteiger charge is -2.36. The Morgan fingerprint density at radius 1 is 1.20 bits per heavy atom. The van der Waals surface area contributed by atoms with E-state index in [1.54, 1.807) is 4.90 Å². The van der Waals surface area contributed by atoms with Crippen molar-refractivity contribution < 1.29 is 9.53 Å². The number of ether oxygens (including phenoxy) is 1. The van der Waals surface area contributed by atoms with Crippen molar-refractivity contribution in [1.29, 1.82) is 0 Å². The molecule has 25 heavy (non-hydrogen) atoms. The van der Waals surface area contributed by atoms with E-state index >= 15 is 0 Å². The first-order chi connectivity index (χ1) is 11.3. The number of nitrogens with zero attached hydrogens (tertiary/aromatic N) is 4. The van der Waals surface area contributed by atoms with Crippen molar-refractivity contribution >= 4 is 36.0 Å². The van der Waals surface area contributed by atoms with E-state index in [1.165, 1.54) is 12.8 Å². The van der Waals surface area contributed by atoms with Crippen LogP contribution >= 0.6 is 24.0 Å². The van der Waals surface area contributed by atoms with Crippen LogP contribution in [0.25, 0.3) is 0 Å². The van der Waals surface area contributed by atoms with Crippen LogP contribution in [0.4, 0.5) is 4.79 Å². The molecule has 0 aromatic heterocycles. The Bertz CT molecular complexity index is 454. The standard InChI is InChI=1S/C17H33N5O2.HI/c1-5-20(14-6-7-14)9-8-19-15(18)21-10-12-22(13-11-21)16(23)24-17(2,3)4;/h14H,5-13H2,1-4H3,(H2,18,19);1H. The normalized spacial score (nSPS) is 19.0. The van der Waals surface area contributed by atoms with Crippen LogP contribution in [0.2, 0.25) is 0 Å². The number of nitrogens with two attached hydrogens (primary N) is 1. The Balaban J connectivity index is 0.00000312. The summed E-state index contributed by atoms with van der Waals surface area (Å²) in [5.41, 5.74) is 5.66. The fourth-order valence-electron chi connectivity index (χ4n) is 2.88. The number of hydrogen-bond acceptors (Lipinski definition) is 4. The van der Waals surface area contributed by atoms with Crippen molar-refractivity contribution in [3.05, 3.63) is 0 Å². The van der Waals surface area contributed by atoms with Gasteiger partial charge in [0.15, 0.2) is 5.96 Å². The molecule has 1 heterocycles. The number of aliphatic imine (C=N–C) groups is 1. The van der Waals surface area contributed by atoms with Crippen molar-refractivity contribution in [2.24, 2.45) is 10.7 Å². The number of carbonyl (C=O) groups excluding carboxylic acids is 1. The fourth-order valence-corrected chi connectivity index (χ4v) is 2.88. The summed E-state index contributed by atoms with van der Waals surface area (Å²) in [5, 5.41) is 0. The summed E-state index contributed by atoms with van der Waals surface area (Å²) < 4.78 is 5.41. The van der Waals surface area contributed by atoms with Gasteiger partial charge in [-0.25, -0.2) is 4.79 Å². The number of rotatable bonds is 5. The SMILES string of the molecule is CCN(CCN=C(N)N1CCN(C(=O)OC(C)(C)C)CC1)C1CC1.I. The highest BCUT2D eigenvalue weighted by molar-refractivity contribution is 14.0. The summed E-state index contributed by atoms with van der Waals surface area (Å²) in [7, 11) is 0. The molecule has 0 spiro atoms. The van der Waals surface area contributed by atoms with Crippen LogP contribution < -0.4 is 5.73 Å². The van der Waals surface area contributed by atoms with Crippen molar-refractivity contribution in [3.63, 3.8) is 0 Å². The van der Waals surface area contributed by atoms with E-state index in [0.717, 1.165) is 25.7 Å². The van der Waals surface area contributed by atoms with E-state index in [4.69, 9.17) is 10.5 Å². The average Bonchev–Trinajstić information content (AvgIpc) is 3.34. The summed E-state index contributed by atoms with van der Waals surface area (Å²) in [6.45, 7) is 13.3. The van der Waals surface area contributed by atoms with E-state index in [-0.39, 0.29) is 30.1 Å². The molecule has 8 heteroatoms. The first-order valence-corrected chi connectivity index (χ1v) is 9.07. The van der Waals surface area contributed by atoms with Crippen molar-refractivity contribution in [2.75, 3.05) is 45.8 Å². The monoisotopic (exact) mass is 467 g/mol. The number of hydrogen-bond donors (Lipinski definition) is 1. The second kappa shape index (κ2) is 9.80. The summed E-state index contributed by atoms with van der Waals surface area (Å²) in [4.78, 5) is 22.8. The summed E-state index contributed by atoms with van der Waals surface area (Å²) in [5.74, 6) is 0.589. The Hall–Kier alpha value is -0.770. The van der Waals surface area contributed by atoms with Gasteiger partial charge >= 0.3 is 6.09 Å². The molecular formula is C17H34IN5O2. The van der Waals surface area contributed by atoms with Crippen molar-refractivity contribution in [3.8, 4) is 0 Å². The minimum absolute atomic E-state index is 0. The molecule has 0 bridgehead atoms. The van der Waals surface area contributed by atoms with Gasteiger partial charge in [0.1, 0.15) is 5.60 Å². The van der Waals surface area contributed by atoms with Crippen LogP contribution in [-0.4, -0.2) is 84.2 Å². The average molecular weight is 467 g/mol. The number of guanidine groups is 1. The molecule has 1 aliphatic carbocycles. The quantitative estimate of drug-likeness (QED) is 0.380. The molecule has 146 valence electrons. The molecule has 7 nitrogen and oxygen atoms in total. The number of amides is 1. The predicted molar refractivity (Wildman–Crippen MR) is 112 cm³/mol. The van der Waals surface area contributed by atoms with Gasteiger partial charge in [0.2, 0.25) is 0 Å². The van der Waals surface area contributed by atoms with Crippen LogP contribution in [0.1, 0.15) is 40.5 Å². The van der Waals surface area contributed by atoms with Crippen LogP contribution in [0, 0.1) is 0 Å². The van der Waals surface area contributed by atoms with E-state index < -0.39 is 5.60 Å². The first kappa shape index (κ1) is 22.3. The maximum atomic E-state index is 12.1. The molecule has 0 unspecified atom stereocenters. The Labute approximate surface area is 169 Å². The second-order valence-corrected chi connectivity index (χ2v) is 7.55. The first-order valence-electron chi connectivity index (χ1n) is 9.07. The fraction of sp³-hybridized carbons (Fsp3) is 0.882. The molecule has 1 saturated carbocycles. The zero-order valence-electron chi connectivity index (χ0n) is 16.0. The minimum Gasteiger partial charge on any atom is -0.444 e. The molecule has 0 radical (unpaired) electrons. The number of halogens is 1. The molecule has 2 aliphatic rings. The largest absolute Gasteiger partial charge is 0.444 e. The summed E-state index contributed by atoms with van der Waals surface area (Å²) in [6.07, 6.45) is 2.39. The smallest absolute Gasteiger partial charge is 0.410 e. The molecule has 1 amide bonds. The van der Waals surface area contributed by atoms with Gasteiger partial charge in [-0.05, 0) is 40.2 Å². The lowest BCUT2D eigenvalue weighted by atomic mass is 10.2. The molecule has 0 atom stereocenters. The molecular weight excluding hydrogens is 433 g/mol. The summed E-state index contributed by atoms with van der Waals surface area (Å²) in [6, 6.07) is 0.767. The minimum atomic E-state index is -0.457. The van der Waals surface area contributed by atoms with Crippen LogP contribution in [0.15, 0.2) is 4.99 Å². The topological polar surface area (TPSA) is 74.4 Å². The number of carbonyl (C=O) groups is 1. The van der Waals surface area contributed by atoms with Crippen LogP contribution in [0.5, 0.6) is 0 Å². The third-order valence-electron chi connectivity index (χ3n) is 4.39. The van der Waals surface area contributed by atoms with E-state index in [2.05, 4.69) is 16.8 Å². The molecule has 0 aromatic carbocycles. The third kappa shape index (κ3) is 7.55. The predicted octanol–water partition coefficient (Wildman–Crippen LogP) is 1.96. The van der Waals surface area contributed by atoms with Crippen molar-refractivity contribution in [1.82, 2.24) is 14.7 Å². The van der Waals surface area contributed by atoms with Gasteiger partial charge < -0.3 is 20.3 Å². The highest BCUT2D eigenvalue weighted by Crippen LogP contribution is 2.25. The van der Waals surface area contributed by atoms with Gasteiger partial charge in [-0.3, -0.25) is 9.89 Å². The van der Waals surface area contributed by atoms with Gasteiger partial charge in [-0.1, -0.05) is 6.92 Å². The molecule has 1 aliphatic heterocycles. The lowest BCUT2D eigenvalue weighted by Crippen LogP contribution is -2.53. The van der Waals surface area contributed by atoms with Crippen molar-refractivity contribution in [2.45, 2.75) is 52.2 Å². The molecule has 2 rings (SSSR count). The number of likely N-dealkylation sites (N-methyl/N-ethyl adjacent to an activating group) is 1. The third-order valence-corrected chi connectivity index (χ3v) is 4.39. The zero-order valence-corrected chi connectivity index (χ0v) is 18.4. The van der Waals surface area contributed by atoms with E-state index in [9.17, 15) is 4.79 Å². The highest BCUT2D eigenvalue weighted by atomic mass is 127. The van der Waals surface area contributed by atoms with Gasteiger partial charge in [-0.2, -0.15) is 0 Å². The highest BCUT2D eigenvalue weighted by Gasteiger charge is 2.28. The van der Waals surface area contributed by atoms with E-state index in [1.807, 2.05) is 25.7 Å². The van der Waals surface area contributed by atoms with E-state index in [0.29, 0.717) is 32.1 Å². The maximum Gasteiger partial charge on any atom is 0.410 e. The molecule has 1 saturated heterocycles. The maximum absolute atomic E-state index is 12.1. The Kier molecular flexibility index (Phi) is 8.73. The van der Waals surface area contributed by atoms with Gasteiger partial charge in [-0.15, -0.1) is 24.0 Å². The molecule has 2 fully saturated rings. The van der Waals surface area contributed by atoms with Gasteiger partial charge in [0, 0.05) is 38.8 Å². The summed E-state index contributed by atoms with van der Waals surface area (Å²) >= 11 is 0.